The van der Waals surface area contributed by atoms with Gasteiger partial charge in [0.15, 0.2) is 6.23 Å². The summed E-state index contributed by atoms with van der Waals surface area (Å²) in [5.74, 6) is -8.12. The number of carboxylic acid groups (broad SMARTS) is 1. The van der Waals surface area contributed by atoms with Crippen molar-refractivity contribution in [2.75, 3.05) is 24.7 Å². The summed E-state index contributed by atoms with van der Waals surface area (Å²) >= 11 is 0. The van der Waals surface area contributed by atoms with E-state index in [1.165, 1.54) is 6.92 Å². The Bertz CT molecular complexity index is 3440. The molecule has 7 aliphatic heterocycles. The summed E-state index contributed by atoms with van der Waals surface area (Å²) in [4.78, 5) is 125. The third kappa shape index (κ3) is 14.7. The van der Waals surface area contributed by atoms with Crippen molar-refractivity contribution < 1.29 is 88.9 Å². The van der Waals surface area contributed by atoms with Crippen LogP contribution >= 0.6 is 7.82 Å². The molecule has 0 aromatic heterocycles. The largest absolute Gasteiger partial charge is 3.00 e. The van der Waals surface area contributed by atoms with Crippen LogP contribution in [0.4, 0.5) is 11.4 Å². The van der Waals surface area contributed by atoms with Gasteiger partial charge in [-0.15, -0.1) is 5.69 Å². The van der Waals surface area contributed by atoms with Crippen LogP contribution in [0.5, 0.6) is 0 Å². The van der Waals surface area contributed by atoms with E-state index in [-0.39, 0.29) is 101 Å². The maximum absolute atomic E-state index is 14.3. The number of anilines is 1. The standard InChI is InChI=1S/C62H90N12O15P.CN.Co/c1-29-20-39-40(21-30(29)2)74(28-69-39)57-52(84)53(41(27-75)87-57)89-90(85,86)88-31(3)26-68-48(81)18-19-59(8)37(22-45(65)78)56-62(11)61(10,25-47(67)80)36(14-17-49(82)83)51(73-62)33(5)55-60(9,24-46(66)79)34(12-15-43(63)76)38(70-55)23-42-58(6,7)35(13-16-44(64)77)50(71-42)32(4)54(59)72-56;1-2;/h20-21,23,31,34-37,41,52-53,56-57,75,84H,12-19,22,24-28H2,1-11H3,(H14,63,64,65,66,67,68,70,71,72,73,76,77,78,79,80,81,82,83,85,86);;/q2*-1;+3/p-2/t31?,34?,35?,36?,37-,41+,52?,53?,56-,57?,59?,60?,61?,62?;;/m0../s1. The summed E-state index contributed by atoms with van der Waals surface area (Å²) < 4.78 is 30.4. The van der Waals surface area contributed by atoms with Gasteiger partial charge in [-0.2, -0.15) is 5.70 Å². The molecule has 14 N–H and O–H groups in total. The molecular weight excluding hydrogens is 1270 g/mol. The number of primary amides is 5. The summed E-state index contributed by atoms with van der Waals surface area (Å²) in [5, 5.41) is 51.2. The molecule has 1 aromatic carbocycles. The summed E-state index contributed by atoms with van der Waals surface area (Å²) in [6.45, 7) is 23.7. The summed E-state index contributed by atoms with van der Waals surface area (Å²) in [5.41, 5.74) is 30.5. The zero-order chi connectivity index (χ0) is 68.7. The van der Waals surface area contributed by atoms with Crippen molar-refractivity contribution in [1.29, 1.82) is 5.26 Å². The summed E-state index contributed by atoms with van der Waals surface area (Å²) in [6.07, 6.45) is -6.63. The summed E-state index contributed by atoms with van der Waals surface area (Å²) in [7, 11) is -5.32. The maximum atomic E-state index is 14.3. The SMILES string of the molecule is C/C1=C2N=C(/C=C3N=C(/C(C)=C4\[N-]C(C)([C@H]5N=C1C(C)(CCC(=O)NCC(C)OP(=O)([O-])OC1C(O)C(N6C[N-]c7cc(C)c(C)cc76)O[C@@H]1CO)[C@H]5CC(N)=O)C(C)(CC(N)=O)C4CCC(=O)O)C(C)(CC(N)=O)C\3CCC(N)=O)C(C)(C)C/2CCC(N)=O.[C-]#N.[Co+3]. The fraction of sp³-hybridized carbons (Fsp3) is 0.635. The molecule has 8 rings (SSSR count). The number of carbonyl (C=O) groups excluding carboxylic acids is 6. The van der Waals surface area contributed by atoms with E-state index in [4.69, 9.17) is 74.6 Å². The number of carbonyl (C=O) groups is 7. The van der Waals surface area contributed by atoms with Crippen LogP contribution in [0.25, 0.3) is 10.6 Å². The van der Waals surface area contributed by atoms with Gasteiger partial charge in [0.2, 0.25) is 35.4 Å². The number of aliphatic imine (C=N–C) groups is 3. The van der Waals surface area contributed by atoms with Crippen LogP contribution in [-0.4, -0.2) is 136 Å². The van der Waals surface area contributed by atoms with Crippen LogP contribution in [0.3, 0.4) is 0 Å². The second-order valence-corrected chi connectivity index (χ2v) is 28.4. The molecule has 0 saturated carbocycles. The van der Waals surface area contributed by atoms with Gasteiger partial charge >= 0.3 is 22.7 Å². The van der Waals surface area contributed by atoms with Crippen LogP contribution in [0, 0.1) is 71.0 Å². The molecule has 7 heterocycles. The minimum Gasteiger partial charge on any atom is -0.756 e. The van der Waals surface area contributed by atoms with E-state index in [1.54, 1.807) is 32.6 Å². The fourth-order valence-electron chi connectivity index (χ4n) is 15.4. The molecule has 7 aliphatic rings. The first-order valence-corrected chi connectivity index (χ1v) is 32.2. The number of fused-ring (bicyclic) bond motifs is 7. The number of benzene rings is 1. The van der Waals surface area contributed by atoms with Crippen molar-refractivity contribution in [3.63, 3.8) is 0 Å². The van der Waals surface area contributed by atoms with E-state index in [2.05, 4.69) is 10.6 Å². The molecule has 6 amide bonds. The Balaban J connectivity index is 0.00000453. The molecule has 1 aromatic rings. The van der Waals surface area contributed by atoms with E-state index in [0.29, 0.717) is 56.7 Å². The molecular formula is C63H88CoN13O15P-. The minimum absolute atomic E-state index is 0. The third-order valence-electron chi connectivity index (χ3n) is 20.6. The van der Waals surface area contributed by atoms with Crippen molar-refractivity contribution in [3.05, 3.63) is 74.8 Å². The molecule has 8 bridgehead atoms. The Morgan fingerprint density at radius 2 is 1.44 bits per heavy atom. The maximum Gasteiger partial charge on any atom is 3.00 e. The van der Waals surface area contributed by atoms with Crippen molar-refractivity contribution >= 4 is 77.7 Å². The van der Waals surface area contributed by atoms with Gasteiger partial charge in [-0.25, -0.2) is 0 Å². The van der Waals surface area contributed by atoms with E-state index < -0.39 is 143 Å². The van der Waals surface area contributed by atoms with Gasteiger partial charge in [0.25, 0.3) is 7.82 Å². The molecule has 28 nitrogen and oxygen atoms in total. The Morgan fingerprint density at radius 3 is 2.02 bits per heavy atom. The Hall–Kier alpha value is -6.87. The zero-order valence-electron chi connectivity index (χ0n) is 54.4. The van der Waals surface area contributed by atoms with Gasteiger partial charge in [0.1, 0.15) is 18.3 Å². The van der Waals surface area contributed by atoms with Crippen molar-refractivity contribution in [2.24, 2.45) is 89.0 Å². The van der Waals surface area contributed by atoms with Crippen molar-refractivity contribution in [2.45, 2.75) is 189 Å². The number of allylic oxidation sites excluding steroid dienone is 6. The van der Waals surface area contributed by atoms with E-state index in [0.717, 1.165) is 11.1 Å². The third-order valence-corrected chi connectivity index (χ3v) is 21.7. The predicted octanol–water partition coefficient (Wildman–Crippen LogP) is 4.27. The number of nitrogens with two attached hydrogens (primary N) is 5. The number of aryl methyl sites for hydroxylation is 2. The molecule has 30 heteroatoms. The quantitative estimate of drug-likeness (QED) is 0.0462. The van der Waals surface area contributed by atoms with Crippen LogP contribution < -0.4 is 43.8 Å². The number of nitrogens with one attached hydrogen (secondary N) is 1. The van der Waals surface area contributed by atoms with E-state index in [9.17, 15) is 58.3 Å². The van der Waals surface area contributed by atoms with Gasteiger partial charge in [-0.1, -0.05) is 59.8 Å². The Morgan fingerprint density at radius 1 is 0.839 bits per heavy atom. The molecule has 12 unspecified atom stereocenters. The summed E-state index contributed by atoms with van der Waals surface area (Å²) in [6, 6.07) is 2.68. The number of aliphatic hydroxyl groups excluding tert-OH is 2. The molecule has 0 aliphatic carbocycles. The normalized spacial score (nSPS) is 33.6. The number of ether oxygens (including phenoxy) is 1. The molecule has 0 spiro atoms. The molecule has 2 fully saturated rings. The number of aliphatic carboxylic acids is 1. The fourth-order valence-corrected chi connectivity index (χ4v) is 16.6. The predicted molar refractivity (Wildman–Crippen MR) is 337 cm³/mol. The average Bonchev–Trinajstić information content (AvgIpc) is 1.53. The van der Waals surface area contributed by atoms with Gasteiger partial charge in [-0.3, -0.25) is 53.1 Å². The van der Waals surface area contributed by atoms with E-state index >= 15 is 0 Å². The molecule has 2 saturated heterocycles. The zero-order valence-corrected chi connectivity index (χ0v) is 56.4. The van der Waals surface area contributed by atoms with Gasteiger partial charge in [0.05, 0.1) is 12.7 Å². The van der Waals surface area contributed by atoms with E-state index in [1.807, 2.05) is 59.8 Å². The first kappa shape index (κ1) is 75.2. The van der Waals surface area contributed by atoms with Crippen LogP contribution in [-0.2, 0) is 68.7 Å². The molecule has 15 atom stereocenters. The molecule has 93 heavy (non-hydrogen) atoms. The minimum atomic E-state index is -5.32. The van der Waals surface area contributed by atoms with Crippen molar-refractivity contribution in [3.8, 4) is 0 Å². The average molecular weight is 1360 g/mol. The number of amides is 6. The Kier molecular flexibility index (Phi) is 23.1. The number of rotatable bonds is 26. The second kappa shape index (κ2) is 28.6. The number of phosphoric acid groups is 1. The van der Waals surface area contributed by atoms with Gasteiger partial charge in [-0.05, 0) is 112 Å². The van der Waals surface area contributed by atoms with Gasteiger partial charge < -0.3 is 95.3 Å². The smallest absolute Gasteiger partial charge is 0.756 e. The number of nitrogens with zero attached hydrogens (tertiary/aromatic N) is 7. The molecule has 0 radical (unpaired) electrons. The number of phosphoric ester groups is 1. The number of hydrogen-bond acceptors (Lipinski definition) is 19. The first-order valence-electron chi connectivity index (χ1n) is 30.8. The van der Waals surface area contributed by atoms with Crippen LogP contribution in [0.1, 0.15) is 144 Å². The first-order chi connectivity index (χ1) is 42.8. The monoisotopic (exact) mass is 1360 g/mol. The van der Waals surface area contributed by atoms with Crippen molar-refractivity contribution in [1.82, 2.24) is 5.32 Å². The Labute approximate surface area is 552 Å². The number of carboxylic acids is 1. The number of hydrogen-bond donors (Lipinski definition) is 9. The van der Waals surface area contributed by atoms with Crippen LogP contribution in [0.2, 0.25) is 0 Å². The topological polar surface area (TPSA) is 482 Å². The van der Waals surface area contributed by atoms with Gasteiger partial charge in [0, 0.05) is 120 Å². The second-order valence-electron chi connectivity index (χ2n) is 27.0. The molecule has 510 valence electrons. The number of aliphatic hydroxyl groups is 2. The van der Waals surface area contributed by atoms with Crippen LogP contribution in [0.15, 0.2) is 61.4 Å².